The first-order chi connectivity index (χ1) is 17.5. The number of aromatic amines is 1. The number of nitrogens with zero attached hydrogens (tertiary/aromatic N) is 4. The van der Waals surface area contributed by atoms with Gasteiger partial charge in [0.15, 0.2) is 5.82 Å². The van der Waals surface area contributed by atoms with E-state index in [0.29, 0.717) is 28.8 Å². The number of tetrazole rings is 1. The van der Waals surface area contributed by atoms with Crippen LogP contribution in [0.15, 0.2) is 59.9 Å². The lowest BCUT2D eigenvalue weighted by molar-refractivity contribution is -0.119. The number of hydrogen-bond donors (Lipinski definition) is 3. The number of unbranched alkanes of at least 4 members (excludes halogenated alkanes) is 4. The van der Waals surface area contributed by atoms with Gasteiger partial charge in [-0.2, -0.15) is 5.21 Å². The lowest BCUT2D eigenvalue weighted by Crippen LogP contribution is -2.30. The molecule has 1 aliphatic rings. The van der Waals surface area contributed by atoms with Gasteiger partial charge >= 0.3 is 0 Å². The predicted molar refractivity (Wildman–Crippen MR) is 135 cm³/mol. The van der Waals surface area contributed by atoms with Crippen LogP contribution in [0.4, 0.5) is 11.4 Å². The largest absolute Gasteiger partial charge is 0.509 e. The molecule has 3 aromatic rings. The number of aliphatic hydroxyl groups excluding tert-OH is 1. The number of rotatable bonds is 12. The van der Waals surface area contributed by atoms with Gasteiger partial charge < -0.3 is 20.1 Å². The second-order valence-corrected chi connectivity index (χ2v) is 8.80. The molecular formula is C25H27ClN6O4. The van der Waals surface area contributed by atoms with Crippen molar-refractivity contribution in [2.75, 3.05) is 23.4 Å². The van der Waals surface area contributed by atoms with Crippen LogP contribution in [-0.2, 0) is 16.0 Å². The maximum absolute atomic E-state index is 12.8. The Kier molecular flexibility index (Phi) is 8.51. The molecule has 1 aliphatic heterocycles. The van der Waals surface area contributed by atoms with Crippen LogP contribution in [0.1, 0.15) is 37.9 Å². The molecule has 2 aromatic carbocycles. The number of aromatic nitrogens is 4. The number of nitrogens with one attached hydrogen (secondary N) is 2. The highest BCUT2D eigenvalue weighted by atomic mass is 35.5. The van der Waals surface area contributed by atoms with E-state index in [0.717, 1.165) is 44.3 Å². The lowest BCUT2D eigenvalue weighted by atomic mass is 10.1. The van der Waals surface area contributed by atoms with Crippen LogP contribution < -0.4 is 15.0 Å². The van der Waals surface area contributed by atoms with Crippen molar-refractivity contribution < 1.29 is 19.4 Å². The average molecular weight is 511 g/mol. The van der Waals surface area contributed by atoms with Gasteiger partial charge in [-0.15, -0.1) is 10.2 Å². The molecule has 10 nitrogen and oxygen atoms in total. The average Bonchev–Trinajstić information content (AvgIpc) is 3.49. The number of carbonyl (C=O) groups is 2. The molecule has 1 aromatic heterocycles. The lowest BCUT2D eigenvalue weighted by Gasteiger charge is -2.16. The maximum Gasteiger partial charge on any atom is 0.267 e. The standard InChI is InChI=1S/C25H27ClN6O4/c26-17-7-11-19(12-8-17)32-16-21(33)23(25(32)35)24(34)27-18-9-13-20(14-10-18)36-15-5-3-1-2-4-6-22-28-30-31-29-22/h7-14,33H,1-6,15-16H2,(H,27,34)(H,28,29,30,31). The summed E-state index contributed by atoms with van der Waals surface area (Å²) in [7, 11) is 0. The van der Waals surface area contributed by atoms with Gasteiger partial charge in [0.05, 0.1) is 13.2 Å². The Bertz CT molecular complexity index is 1200. The quantitative estimate of drug-likeness (QED) is 0.245. The number of carbonyl (C=O) groups excluding carboxylic acids is 2. The third-order valence-corrected chi connectivity index (χ3v) is 5.99. The molecule has 0 atom stereocenters. The van der Waals surface area contributed by atoms with E-state index in [2.05, 4.69) is 25.9 Å². The van der Waals surface area contributed by atoms with E-state index in [1.807, 2.05) is 0 Å². The van der Waals surface area contributed by atoms with E-state index in [-0.39, 0.29) is 17.9 Å². The van der Waals surface area contributed by atoms with Gasteiger partial charge in [-0.1, -0.05) is 36.1 Å². The third kappa shape index (κ3) is 6.60. The predicted octanol–water partition coefficient (Wildman–Crippen LogP) is 4.22. The van der Waals surface area contributed by atoms with Gasteiger partial charge in [-0.05, 0) is 61.4 Å². The molecule has 2 amide bonds. The molecule has 2 heterocycles. The van der Waals surface area contributed by atoms with Crippen LogP contribution in [-0.4, -0.2) is 50.7 Å². The molecule has 0 saturated carbocycles. The molecule has 0 fully saturated rings. The van der Waals surface area contributed by atoms with E-state index >= 15 is 0 Å². The number of aliphatic hydroxyl groups is 1. The van der Waals surface area contributed by atoms with Gasteiger partial charge in [0.25, 0.3) is 11.8 Å². The van der Waals surface area contributed by atoms with E-state index in [4.69, 9.17) is 16.3 Å². The minimum absolute atomic E-state index is 0.0746. The highest BCUT2D eigenvalue weighted by Gasteiger charge is 2.36. The van der Waals surface area contributed by atoms with Crippen molar-refractivity contribution in [1.82, 2.24) is 20.6 Å². The molecule has 0 unspecified atom stereocenters. The summed E-state index contributed by atoms with van der Waals surface area (Å²) in [4.78, 5) is 26.8. The first kappa shape index (κ1) is 25.2. The van der Waals surface area contributed by atoms with Crippen LogP contribution in [0.3, 0.4) is 0 Å². The van der Waals surface area contributed by atoms with Gasteiger partial charge in [-0.25, -0.2) is 0 Å². The smallest absolute Gasteiger partial charge is 0.267 e. The fourth-order valence-corrected chi connectivity index (χ4v) is 3.96. The van der Waals surface area contributed by atoms with Crippen molar-refractivity contribution in [3.63, 3.8) is 0 Å². The zero-order valence-electron chi connectivity index (χ0n) is 19.6. The SMILES string of the molecule is O=C(Nc1ccc(OCCCCCCCc2nn[nH]n2)cc1)C1=C(O)CN(c2ccc(Cl)cc2)C1=O. The number of ether oxygens (including phenoxy) is 1. The van der Waals surface area contributed by atoms with E-state index in [1.165, 1.54) is 4.90 Å². The molecule has 188 valence electrons. The van der Waals surface area contributed by atoms with Crippen molar-refractivity contribution in [1.29, 1.82) is 0 Å². The van der Waals surface area contributed by atoms with Crippen LogP contribution >= 0.6 is 11.6 Å². The maximum atomic E-state index is 12.8. The minimum Gasteiger partial charge on any atom is -0.509 e. The number of benzene rings is 2. The molecule has 36 heavy (non-hydrogen) atoms. The summed E-state index contributed by atoms with van der Waals surface area (Å²) in [5, 5.41) is 27.3. The van der Waals surface area contributed by atoms with Crippen LogP contribution in [0.2, 0.25) is 5.02 Å². The summed E-state index contributed by atoms with van der Waals surface area (Å²) in [6, 6.07) is 13.5. The molecule has 11 heteroatoms. The van der Waals surface area contributed by atoms with E-state index in [1.54, 1.807) is 48.5 Å². The second-order valence-electron chi connectivity index (χ2n) is 8.36. The summed E-state index contributed by atoms with van der Waals surface area (Å²) in [5.41, 5.74) is 0.763. The summed E-state index contributed by atoms with van der Waals surface area (Å²) in [5.74, 6) is -0.0643. The fraction of sp³-hybridized carbons (Fsp3) is 0.320. The topological polar surface area (TPSA) is 133 Å². The number of H-pyrrole nitrogens is 1. The first-order valence-corrected chi connectivity index (χ1v) is 12.1. The Morgan fingerprint density at radius 3 is 2.50 bits per heavy atom. The highest BCUT2D eigenvalue weighted by molar-refractivity contribution is 6.31. The van der Waals surface area contributed by atoms with Gasteiger partial charge in [0.1, 0.15) is 17.1 Å². The third-order valence-electron chi connectivity index (χ3n) is 5.74. The van der Waals surface area contributed by atoms with E-state index < -0.39 is 11.8 Å². The number of amides is 2. The van der Waals surface area contributed by atoms with Gasteiger partial charge in [0, 0.05) is 22.8 Å². The Labute approximate surface area is 213 Å². The Balaban J connectivity index is 1.17. The fourth-order valence-electron chi connectivity index (χ4n) is 3.84. The number of halogens is 1. The number of aryl methyl sites for hydroxylation is 1. The van der Waals surface area contributed by atoms with Gasteiger partial charge in [0.2, 0.25) is 0 Å². The van der Waals surface area contributed by atoms with Crippen molar-refractivity contribution in [2.45, 2.75) is 38.5 Å². The molecule has 0 saturated heterocycles. The molecule has 3 N–H and O–H groups in total. The summed E-state index contributed by atoms with van der Waals surface area (Å²) >= 11 is 5.90. The van der Waals surface area contributed by atoms with Crippen LogP contribution in [0.5, 0.6) is 5.75 Å². The Morgan fingerprint density at radius 1 is 1.06 bits per heavy atom. The molecular weight excluding hydrogens is 484 g/mol. The Hall–Kier alpha value is -3.92. The molecule has 0 bridgehead atoms. The van der Waals surface area contributed by atoms with Crippen molar-refractivity contribution >= 4 is 34.8 Å². The zero-order valence-corrected chi connectivity index (χ0v) is 20.4. The zero-order chi connectivity index (χ0) is 25.3. The number of hydrogen-bond acceptors (Lipinski definition) is 7. The van der Waals surface area contributed by atoms with E-state index in [9.17, 15) is 14.7 Å². The van der Waals surface area contributed by atoms with Crippen LogP contribution in [0.25, 0.3) is 0 Å². The summed E-state index contributed by atoms with van der Waals surface area (Å²) in [6.45, 7) is 0.529. The van der Waals surface area contributed by atoms with Crippen molar-refractivity contribution in [3.8, 4) is 5.75 Å². The molecule has 4 rings (SSSR count). The normalized spacial score (nSPS) is 13.4. The second kappa shape index (κ2) is 12.2. The summed E-state index contributed by atoms with van der Waals surface area (Å²) in [6.07, 6.45) is 6.10. The van der Waals surface area contributed by atoms with Crippen molar-refractivity contribution in [3.05, 3.63) is 70.7 Å². The highest BCUT2D eigenvalue weighted by Crippen LogP contribution is 2.27. The molecule has 0 radical (unpaired) electrons. The number of anilines is 2. The van der Waals surface area contributed by atoms with Crippen molar-refractivity contribution in [2.24, 2.45) is 0 Å². The first-order valence-electron chi connectivity index (χ1n) is 11.8. The molecule has 0 spiro atoms. The van der Waals surface area contributed by atoms with Crippen LogP contribution in [0, 0.1) is 0 Å². The molecule has 0 aliphatic carbocycles. The monoisotopic (exact) mass is 510 g/mol. The van der Waals surface area contributed by atoms with Gasteiger partial charge in [-0.3, -0.25) is 9.59 Å². The minimum atomic E-state index is -0.665. The Morgan fingerprint density at radius 2 is 1.78 bits per heavy atom. The summed E-state index contributed by atoms with van der Waals surface area (Å²) < 4.78 is 5.77.